The second-order valence-electron chi connectivity index (χ2n) is 5.36. The molecule has 3 aromatic heterocycles. The topological polar surface area (TPSA) is 110 Å². The molecule has 0 aliphatic rings. The summed E-state index contributed by atoms with van der Waals surface area (Å²) in [5.74, 6) is 0.0994. The maximum absolute atomic E-state index is 12.2. The largest absolute Gasteiger partial charge is 0.324 e. The summed E-state index contributed by atoms with van der Waals surface area (Å²) in [6.45, 7) is -0.199. The van der Waals surface area contributed by atoms with Crippen molar-refractivity contribution in [3.05, 3.63) is 65.3 Å². The fourth-order valence-electron chi connectivity index (χ4n) is 2.43. The van der Waals surface area contributed by atoms with Crippen LogP contribution in [0.1, 0.15) is 0 Å². The molecule has 0 atom stereocenters. The van der Waals surface area contributed by atoms with Crippen molar-refractivity contribution in [2.45, 2.75) is 6.54 Å². The number of nitrogens with zero attached hydrogens (tertiary/aromatic N) is 5. The third-order valence-electron chi connectivity index (χ3n) is 3.61. The van der Waals surface area contributed by atoms with Gasteiger partial charge in [-0.3, -0.25) is 14.7 Å². The molecule has 0 radical (unpaired) electrons. The first-order valence-corrected chi connectivity index (χ1v) is 7.50. The first kappa shape index (κ1) is 14.8. The van der Waals surface area contributed by atoms with Crippen molar-refractivity contribution in [3.8, 4) is 5.82 Å². The Morgan fingerprint density at radius 2 is 2.16 bits per heavy atom. The van der Waals surface area contributed by atoms with Gasteiger partial charge in [-0.25, -0.2) is 9.36 Å². The van der Waals surface area contributed by atoms with Gasteiger partial charge in [-0.1, -0.05) is 0 Å². The number of anilines is 1. The molecular weight excluding hydrogens is 322 g/mol. The number of rotatable bonds is 4. The lowest BCUT2D eigenvalue weighted by Gasteiger charge is -2.08. The summed E-state index contributed by atoms with van der Waals surface area (Å²) in [5.41, 5.74) is 1.06. The van der Waals surface area contributed by atoms with Crippen molar-refractivity contribution in [3.63, 3.8) is 0 Å². The number of carbonyl (C=O) groups excluding carboxylic acids is 1. The van der Waals surface area contributed by atoms with E-state index >= 15 is 0 Å². The predicted molar refractivity (Wildman–Crippen MR) is 90.3 cm³/mol. The standard InChI is InChI=1S/C16H13N7O2/c24-15(19-12-3-2-11-9-17-20-13(11)8-12)10-23-16(25)5-4-14(21-23)22-7-1-6-18-22/h1-9H,10H2,(H,17,20)(H,19,24). The van der Waals surface area contributed by atoms with Crippen LogP contribution in [0.4, 0.5) is 5.69 Å². The maximum atomic E-state index is 12.2. The van der Waals surface area contributed by atoms with Crippen LogP contribution in [0.15, 0.2) is 59.8 Å². The average Bonchev–Trinajstić information content (AvgIpc) is 3.27. The van der Waals surface area contributed by atoms with Gasteiger partial charge in [0, 0.05) is 29.5 Å². The smallest absolute Gasteiger partial charge is 0.267 e. The number of H-pyrrole nitrogens is 1. The lowest BCUT2D eigenvalue weighted by Crippen LogP contribution is -2.30. The van der Waals surface area contributed by atoms with Gasteiger partial charge in [0.1, 0.15) is 6.54 Å². The van der Waals surface area contributed by atoms with E-state index in [9.17, 15) is 9.59 Å². The van der Waals surface area contributed by atoms with Gasteiger partial charge in [0.05, 0.1) is 11.7 Å². The normalized spacial score (nSPS) is 10.9. The third kappa shape index (κ3) is 3.02. The van der Waals surface area contributed by atoms with Crippen molar-refractivity contribution in [2.75, 3.05) is 5.32 Å². The van der Waals surface area contributed by atoms with E-state index in [1.807, 2.05) is 6.07 Å². The molecule has 9 nitrogen and oxygen atoms in total. The Morgan fingerprint density at radius 3 is 3.00 bits per heavy atom. The molecule has 0 unspecified atom stereocenters. The van der Waals surface area contributed by atoms with E-state index in [4.69, 9.17) is 0 Å². The van der Waals surface area contributed by atoms with E-state index in [2.05, 4.69) is 25.7 Å². The quantitative estimate of drug-likeness (QED) is 0.577. The Labute approximate surface area is 140 Å². The number of fused-ring (bicyclic) bond motifs is 1. The zero-order valence-electron chi connectivity index (χ0n) is 13.0. The summed E-state index contributed by atoms with van der Waals surface area (Å²) in [4.78, 5) is 24.2. The number of aromatic nitrogens is 6. The van der Waals surface area contributed by atoms with E-state index in [0.717, 1.165) is 15.6 Å². The lowest BCUT2D eigenvalue weighted by molar-refractivity contribution is -0.117. The number of nitrogens with one attached hydrogen (secondary N) is 2. The molecule has 0 spiro atoms. The first-order chi connectivity index (χ1) is 12.2. The molecule has 25 heavy (non-hydrogen) atoms. The summed E-state index contributed by atoms with van der Waals surface area (Å²) in [5, 5.41) is 18.7. The Hall–Kier alpha value is -3.75. The highest BCUT2D eigenvalue weighted by molar-refractivity contribution is 5.93. The molecule has 4 rings (SSSR count). The van der Waals surface area contributed by atoms with Crippen molar-refractivity contribution in [1.29, 1.82) is 0 Å². The molecule has 124 valence electrons. The number of aromatic amines is 1. The molecule has 0 aliphatic carbocycles. The number of carbonyl (C=O) groups is 1. The SMILES string of the molecule is O=C(Cn1nc(-n2cccn2)ccc1=O)Nc1ccc2cn[nH]c2c1. The molecule has 0 saturated carbocycles. The Balaban J connectivity index is 1.54. The Morgan fingerprint density at radius 1 is 1.24 bits per heavy atom. The molecular formula is C16H13N7O2. The molecule has 0 saturated heterocycles. The van der Waals surface area contributed by atoms with E-state index in [0.29, 0.717) is 11.5 Å². The van der Waals surface area contributed by atoms with E-state index in [1.165, 1.54) is 10.7 Å². The minimum atomic E-state index is -0.366. The molecule has 3 heterocycles. The summed E-state index contributed by atoms with van der Waals surface area (Å²) in [6, 6.07) is 10.0. The van der Waals surface area contributed by atoms with Crippen LogP contribution in [-0.2, 0) is 11.3 Å². The summed E-state index contributed by atoms with van der Waals surface area (Å²) < 4.78 is 2.61. The Kier molecular flexibility index (Phi) is 3.58. The van der Waals surface area contributed by atoms with Crippen LogP contribution in [0, 0.1) is 0 Å². The van der Waals surface area contributed by atoms with Crippen LogP contribution in [-0.4, -0.2) is 35.7 Å². The van der Waals surface area contributed by atoms with Gasteiger partial charge in [0.15, 0.2) is 5.82 Å². The third-order valence-corrected chi connectivity index (χ3v) is 3.61. The van der Waals surface area contributed by atoms with E-state index in [-0.39, 0.29) is 18.0 Å². The van der Waals surface area contributed by atoms with Crippen LogP contribution < -0.4 is 10.9 Å². The summed E-state index contributed by atoms with van der Waals surface area (Å²) in [6.07, 6.45) is 5.01. The minimum absolute atomic E-state index is 0.199. The molecule has 4 aromatic rings. The Bertz CT molecular complexity index is 1100. The molecule has 0 fully saturated rings. The second-order valence-corrected chi connectivity index (χ2v) is 5.36. The molecule has 9 heteroatoms. The van der Waals surface area contributed by atoms with Crippen LogP contribution >= 0.6 is 0 Å². The highest BCUT2D eigenvalue weighted by atomic mass is 16.2. The fraction of sp³-hybridized carbons (Fsp3) is 0.0625. The summed E-state index contributed by atoms with van der Waals surface area (Å²) in [7, 11) is 0. The number of amides is 1. The van der Waals surface area contributed by atoms with E-state index < -0.39 is 0 Å². The van der Waals surface area contributed by atoms with Gasteiger partial charge in [0.25, 0.3) is 5.56 Å². The van der Waals surface area contributed by atoms with Gasteiger partial charge >= 0.3 is 0 Å². The molecule has 0 aliphatic heterocycles. The highest BCUT2D eigenvalue weighted by Gasteiger charge is 2.09. The van der Waals surface area contributed by atoms with Gasteiger partial charge in [-0.05, 0) is 30.3 Å². The first-order valence-electron chi connectivity index (χ1n) is 7.50. The van der Waals surface area contributed by atoms with Crippen molar-refractivity contribution in [1.82, 2.24) is 29.8 Å². The van der Waals surface area contributed by atoms with Gasteiger partial charge in [-0.2, -0.15) is 10.2 Å². The van der Waals surface area contributed by atoms with Gasteiger partial charge in [0.2, 0.25) is 5.91 Å². The second kappa shape index (κ2) is 6.04. The predicted octanol–water partition coefficient (Wildman–Crippen LogP) is 0.944. The van der Waals surface area contributed by atoms with Crippen molar-refractivity contribution in [2.24, 2.45) is 0 Å². The number of hydrogen-bond donors (Lipinski definition) is 2. The minimum Gasteiger partial charge on any atom is -0.324 e. The number of hydrogen-bond acceptors (Lipinski definition) is 5. The molecule has 1 aromatic carbocycles. The average molecular weight is 335 g/mol. The van der Waals surface area contributed by atoms with Crippen LogP contribution in [0.5, 0.6) is 0 Å². The molecule has 2 N–H and O–H groups in total. The monoisotopic (exact) mass is 335 g/mol. The number of benzene rings is 1. The van der Waals surface area contributed by atoms with Crippen molar-refractivity contribution >= 4 is 22.5 Å². The van der Waals surface area contributed by atoms with Gasteiger partial charge in [-0.15, -0.1) is 5.10 Å². The van der Waals surface area contributed by atoms with Crippen molar-refractivity contribution < 1.29 is 4.79 Å². The molecule has 1 amide bonds. The lowest BCUT2D eigenvalue weighted by atomic mass is 10.2. The van der Waals surface area contributed by atoms with Crippen LogP contribution in [0.25, 0.3) is 16.7 Å². The zero-order chi connectivity index (χ0) is 17.2. The van der Waals surface area contributed by atoms with Crippen LogP contribution in [0.3, 0.4) is 0 Å². The fourth-order valence-corrected chi connectivity index (χ4v) is 2.43. The van der Waals surface area contributed by atoms with Crippen LogP contribution in [0.2, 0.25) is 0 Å². The zero-order valence-corrected chi connectivity index (χ0v) is 13.0. The highest BCUT2D eigenvalue weighted by Crippen LogP contribution is 2.16. The van der Waals surface area contributed by atoms with E-state index in [1.54, 1.807) is 42.9 Å². The maximum Gasteiger partial charge on any atom is 0.267 e. The molecule has 0 bridgehead atoms. The van der Waals surface area contributed by atoms with Gasteiger partial charge < -0.3 is 5.32 Å². The summed E-state index contributed by atoms with van der Waals surface area (Å²) >= 11 is 0.